The number of aliphatic hydroxyl groups is 1. The second kappa shape index (κ2) is 6.62. The van der Waals surface area contributed by atoms with E-state index in [0.29, 0.717) is 17.3 Å². The zero-order chi connectivity index (χ0) is 18.7. The molecular weight excluding hydrogens is 320 g/mol. The van der Waals surface area contributed by atoms with Gasteiger partial charge in [0.25, 0.3) is 0 Å². The average molecular weight is 361 g/mol. The van der Waals surface area contributed by atoms with Crippen LogP contribution in [0.1, 0.15) is 78.6 Å². The third-order valence-corrected chi connectivity index (χ3v) is 9.83. The van der Waals surface area contributed by atoms with E-state index in [2.05, 4.69) is 27.4 Å². The highest BCUT2D eigenvalue weighted by Gasteiger charge is 2.62. The first kappa shape index (κ1) is 19.0. The fourth-order valence-corrected chi connectivity index (χ4v) is 8.46. The van der Waals surface area contributed by atoms with Gasteiger partial charge in [0.1, 0.15) is 0 Å². The molecule has 148 valence electrons. The van der Waals surface area contributed by atoms with E-state index in [0.717, 1.165) is 24.2 Å². The van der Waals surface area contributed by atoms with E-state index in [1.807, 2.05) is 0 Å². The zero-order valence-corrected chi connectivity index (χ0v) is 17.5. The topological polar surface area (TPSA) is 29.5 Å². The van der Waals surface area contributed by atoms with Crippen LogP contribution in [0.15, 0.2) is 12.2 Å². The Morgan fingerprint density at radius 3 is 2.58 bits per heavy atom. The number of rotatable bonds is 3. The van der Waals surface area contributed by atoms with E-state index in [1.165, 1.54) is 56.9 Å². The van der Waals surface area contributed by atoms with Gasteiger partial charge in [-0.2, -0.15) is 0 Å². The number of fused-ring (bicyclic) bond motifs is 5. The van der Waals surface area contributed by atoms with Gasteiger partial charge in [-0.3, -0.25) is 0 Å². The van der Waals surface area contributed by atoms with Crippen LogP contribution in [-0.2, 0) is 4.74 Å². The Morgan fingerprint density at radius 1 is 1.08 bits per heavy atom. The van der Waals surface area contributed by atoms with Gasteiger partial charge in [-0.15, -0.1) is 0 Å². The molecule has 4 rings (SSSR count). The Bertz CT molecular complexity index is 556. The number of aliphatic hydroxyl groups excluding tert-OH is 1. The van der Waals surface area contributed by atoms with Crippen molar-refractivity contribution in [3.63, 3.8) is 0 Å². The highest BCUT2D eigenvalue weighted by molar-refractivity contribution is 5.19. The van der Waals surface area contributed by atoms with Crippen molar-refractivity contribution in [3.05, 3.63) is 12.2 Å². The van der Waals surface area contributed by atoms with Crippen molar-refractivity contribution in [3.8, 4) is 0 Å². The summed E-state index contributed by atoms with van der Waals surface area (Å²) < 4.78 is 5.61. The third-order valence-electron chi connectivity index (χ3n) is 9.83. The first-order chi connectivity index (χ1) is 12.3. The molecule has 4 fully saturated rings. The lowest BCUT2D eigenvalue weighted by Gasteiger charge is -2.62. The first-order valence-corrected chi connectivity index (χ1v) is 11.2. The van der Waals surface area contributed by atoms with Crippen LogP contribution in [0.4, 0.5) is 0 Å². The van der Waals surface area contributed by atoms with Crippen molar-refractivity contribution in [1.29, 1.82) is 0 Å². The van der Waals surface area contributed by atoms with Crippen molar-refractivity contribution >= 4 is 0 Å². The summed E-state index contributed by atoms with van der Waals surface area (Å²) in [6.45, 7) is 11.6. The summed E-state index contributed by atoms with van der Waals surface area (Å²) in [5, 5.41) is 11.5. The molecule has 0 bridgehead atoms. The Hall–Kier alpha value is -0.340. The molecule has 26 heavy (non-hydrogen) atoms. The van der Waals surface area contributed by atoms with Gasteiger partial charge >= 0.3 is 0 Å². The summed E-state index contributed by atoms with van der Waals surface area (Å²) in [7, 11) is 1.79. The Labute approximate surface area is 160 Å². The van der Waals surface area contributed by atoms with Crippen molar-refractivity contribution in [1.82, 2.24) is 0 Å². The Morgan fingerprint density at radius 2 is 1.85 bits per heavy atom. The SMILES string of the molecule is C=C(C(C)OC)C1CCC2C3CC[C@@H]4CCCC[C@]4(C)C3C(O)C[C@]12C. The molecule has 0 aromatic rings. The maximum absolute atomic E-state index is 11.5. The van der Waals surface area contributed by atoms with Crippen LogP contribution in [0, 0.1) is 40.4 Å². The molecule has 2 nitrogen and oxygen atoms in total. The molecule has 4 saturated carbocycles. The molecular formula is C24H40O2. The fourth-order valence-electron chi connectivity index (χ4n) is 8.46. The fraction of sp³-hybridized carbons (Fsp3) is 0.917. The lowest BCUT2D eigenvalue weighted by molar-refractivity contribution is -0.167. The second-order valence-corrected chi connectivity index (χ2v) is 10.7. The second-order valence-electron chi connectivity index (χ2n) is 10.7. The molecule has 2 heteroatoms. The first-order valence-electron chi connectivity index (χ1n) is 11.2. The Balaban J connectivity index is 1.64. The molecule has 0 spiro atoms. The molecule has 9 atom stereocenters. The molecule has 0 radical (unpaired) electrons. The van der Waals surface area contributed by atoms with Crippen LogP contribution in [0.3, 0.4) is 0 Å². The van der Waals surface area contributed by atoms with Crippen molar-refractivity contribution < 1.29 is 9.84 Å². The lowest BCUT2D eigenvalue weighted by Crippen LogP contribution is -2.58. The normalized spacial score (nSPS) is 51.9. The number of hydrogen-bond acceptors (Lipinski definition) is 2. The number of hydrogen-bond donors (Lipinski definition) is 1. The largest absolute Gasteiger partial charge is 0.393 e. The number of methoxy groups -OCH3 is 1. The molecule has 0 aliphatic heterocycles. The number of ether oxygens (including phenoxy) is 1. The highest BCUT2D eigenvalue weighted by atomic mass is 16.5. The molecule has 6 unspecified atom stereocenters. The van der Waals surface area contributed by atoms with Crippen LogP contribution in [-0.4, -0.2) is 24.4 Å². The van der Waals surface area contributed by atoms with Crippen LogP contribution in [0.25, 0.3) is 0 Å². The quantitative estimate of drug-likeness (QED) is 0.664. The van der Waals surface area contributed by atoms with E-state index in [-0.39, 0.29) is 17.6 Å². The van der Waals surface area contributed by atoms with Crippen LogP contribution < -0.4 is 0 Å². The molecule has 0 aromatic carbocycles. The lowest BCUT2D eigenvalue weighted by atomic mass is 9.44. The zero-order valence-electron chi connectivity index (χ0n) is 17.5. The predicted octanol–water partition coefficient (Wildman–Crippen LogP) is 5.60. The molecule has 0 amide bonds. The average Bonchev–Trinajstić information content (AvgIpc) is 2.95. The summed E-state index contributed by atoms with van der Waals surface area (Å²) in [4.78, 5) is 0. The van der Waals surface area contributed by atoms with Gasteiger partial charge < -0.3 is 9.84 Å². The molecule has 4 aliphatic rings. The van der Waals surface area contributed by atoms with Gasteiger partial charge in [0, 0.05) is 7.11 Å². The van der Waals surface area contributed by atoms with Crippen molar-refractivity contribution in [2.24, 2.45) is 40.4 Å². The van der Waals surface area contributed by atoms with Crippen LogP contribution in [0.5, 0.6) is 0 Å². The van der Waals surface area contributed by atoms with E-state index >= 15 is 0 Å². The van der Waals surface area contributed by atoms with Gasteiger partial charge in [0.2, 0.25) is 0 Å². The van der Waals surface area contributed by atoms with Gasteiger partial charge in [-0.25, -0.2) is 0 Å². The monoisotopic (exact) mass is 360 g/mol. The van der Waals surface area contributed by atoms with Gasteiger partial charge in [0.15, 0.2) is 0 Å². The molecule has 1 N–H and O–H groups in total. The van der Waals surface area contributed by atoms with E-state index < -0.39 is 0 Å². The maximum Gasteiger partial charge on any atom is 0.0753 e. The summed E-state index contributed by atoms with van der Waals surface area (Å²) in [6.07, 6.45) is 11.8. The van der Waals surface area contributed by atoms with Gasteiger partial charge in [0.05, 0.1) is 12.2 Å². The Kier molecular flexibility index (Phi) is 4.84. The van der Waals surface area contributed by atoms with Crippen molar-refractivity contribution in [2.45, 2.75) is 90.8 Å². The predicted molar refractivity (Wildman–Crippen MR) is 107 cm³/mol. The van der Waals surface area contributed by atoms with E-state index in [4.69, 9.17) is 4.74 Å². The maximum atomic E-state index is 11.5. The van der Waals surface area contributed by atoms with E-state index in [1.54, 1.807) is 7.11 Å². The third kappa shape index (κ3) is 2.58. The molecule has 0 heterocycles. The summed E-state index contributed by atoms with van der Waals surface area (Å²) in [5.74, 6) is 3.39. The van der Waals surface area contributed by atoms with Crippen molar-refractivity contribution in [2.75, 3.05) is 7.11 Å². The van der Waals surface area contributed by atoms with Gasteiger partial charge in [-0.1, -0.05) is 33.3 Å². The highest BCUT2D eigenvalue weighted by Crippen LogP contribution is 2.68. The van der Waals surface area contributed by atoms with E-state index in [9.17, 15) is 5.11 Å². The summed E-state index contributed by atoms with van der Waals surface area (Å²) in [6, 6.07) is 0. The smallest absolute Gasteiger partial charge is 0.0753 e. The standard InChI is InChI=1S/C24H40O2/c1-15(16(2)26-5)19-11-12-20-18-10-9-17-8-6-7-13-23(17,3)22(18)21(25)14-24(19,20)4/h16-22,25H,1,6-14H2,2-5H3/t16?,17-,18?,19?,20?,21?,22?,23-,24+/m0/s1. The van der Waals surface area contributed by atoms with Gasteiger partial charge in [-0.05, 0) is 97.9 Å². The van der Waals surface area contributed by atoms with Crippen LogP contribution >= 0.6 is 0 Å². The summed E-state index contributed by atoms with van der Waals surface area (Å²) in [5.41, 5.74) is 1.86. The summed E-state index contributed by atoms with van der Waals surface area (Å²) >= 11 is 0. The molecule has 4 aliphatic carbocycles. The molecule has 0 aromatic heterocycles. The minimum atomic E-state index is -0.126. The van der Waals surface area contributed by atoms with Crippen LogP contribution in [0.2, 0.25) is 0 Å². The minimum absolute atomic E-state index is 0.122. The molecule has 0 saturated heterocycles. The minimum Gasteiger partial charge on any atom is -0.393 e.